The Morgan fingerprint density at radius 3 is 1.35 bits per heavy atom. The van der Waals surface area contributed by atoms with E-state index in [9.17, 15) is 28.8 Å². The van der Waals surface area contributed by atoms with E-state index in [0.29, 0.717) is 0 Å². The number of esters is 4. The second kappa shape index (κ2) is 3.20. The lowest BCUT2D eigenvalue weighted by atomic mass is 9.38. The second-order valence-corrected chi connectivity index (χ2v) is 5.13. The van der Waals surface area contributed by atoms with Crippen LogP contribution in [0.5, 0.6) is 0 Å². The summed E-state index contributed by atoms with van der Waals surface area (Å²) in [6.45, 7) is 2.01. The van der Waals surface area contributed by atoms with Gasteiger partial charge in [-0.25, -0.2) is 0 Å². The van der Waals surface area contributed by atoms with Crippen molar-refractivity contribution >= 4 is 35.4 Å². The summed E-state index contributed by atoms with van der Waals surface area (Å²) < 4.78 is 8.82. The minimum atomic E-state index is -2.11. The molecule has 0 radical (unpaired) electrons. The highest BCUT2D eigenvalue weighted by molar-refractivity contribution is 6.29. The van der Waals surface area contributed by atoms with Gasteiger partial charge in [0.05, 0.1) is 0 Å². The number of cyclic esters (lactones) is 4. The zero-order valence-electron chi connectivity index (χ0n) is 10.4. The van der Waals surface area contributed by atoms with Gasteiger partial charge in [0.2, 0.25) is 0 Å². The fourth-order valence-corrected chi connectivity index (χ4v) is 3.74. The maximum Gasteiger partial charge on any atom is 0.329 e. The number of hydrogen-bond acceptors (Lipinski definition) is 8. The number of rotatable bonds is 2. The van der Waals surface area contributed by atoms with E-state index in [2.05, 4.69) is 9.47 Å². The molecule has 8 heteroatoms. The van der Waals surface area contributed by atoms with Gasteiger partial charge in [0.15, 0.2) is 10.8 Å². The second-order valence-electron chi connectivity index (χ2n) is 5.13. The summed E-state index contributed by atoms with van der Waals surface area (Å²) in [5, 5.41) is 0. The first kappa shape index (κ1) is 12.6. The van der Waals surface area contributed by atoms with Crippen molar-refractivity contribution in [2.24, 2.45) is 22.7 Å². The summed E-state index contributed by atoms with van der Waals surface area (Å²) in [5.74, 6) is -9.52. The van der Waals surface area contributed by atoms with E-state index in [0.717, 1.165) is 13.8 Å². The number of hydrogen-bond donors (Lipinski definition) is 0. The van der Waals surface area contributed by atoms with Crippen molar-refractivity contribution in [1.29, 1.82) is 0 Å². The Morgan fingerprint density at radius 1 is 0.800 bits per heavy atom. The third kappa shape index (κ3) is 0.879. The molecule has 0 bridgehead atoms. The molecule has 0 atom stereocenters. The fourth-order valence-electron chi connectivity index (χ4n) is 3.74. The van der Waals surface area contributed by atoms with E-state index in [1.165, 1.54) is 0 Å². The van der Waals surface area contributed by atoms with Crippen molar-refractivity contribution in [3.8, 4) is 0 Å². The molecule has 3 rings (SSSR count). The third-order valence-corrected chi connectivity index (χ3v) is 4.52. The third-order valence-electron chi connectivity index (χ3n) is 4.52. The Balaban J connectivity index is 2.33. The molecule has 0 aromatic rings. The predicted molar refractivity (Wildman–Crippen MR) is 55.4 cm³/mol. The average molecular weight is 280 g/mol. The SMILES string of the molecule is CC(=O)C12C(=O)OC(=O)C1C1(C(C)=O)C(=O)OC(=O)C21. The van der Waals surface area contributed by atoms with Crippen molar-refractivity contribution in [3.05, 3.63) is 0 Å². The molecular weight excluding hydrogens is 272 g/mol. The number of carbonyl (C=O) groups is 6. The van der Waals surface area contributed by atoms with Crippen LogP contribution in [0.1, 0.15) is 13.8 Å². The quantitative estimate of drug-likeness (QED) is 0.445. The van der Waals surface area contributed by atoms with Crippen LogP contribution in [0.4, 0.5) is 0 Å². The Hall–Kier alpha value is -2.38. The molecule has 2 heterocycles. The van der Waals surface area contributed by atoms with Crippen LogP contribution >= 0.6 is 0 Å². The Labute approximate surface area is 111 Å². The minimum absolute atomic E-state index is 0.799. The summed E-state index contributed by atoms with van der Waals surface area (Å²) in [6.07, 6.45) is 0. The van der Waals surface area contributed by atoms with Gasteiger partial charge in [-0.1, -0.05) is 0 Å². The molecule has 0 aromatic carbocycles. The van der Waals surface area contributed by atoms with Crippen LogP contribution < -0.4 is 0 Å². The van der Waals surface area contributed by atoms with Crippen molar-refractivity contribution in [1.82, 2.24) is 0 Å². The lowest BCUT2D eigenvalue weighted by molar-refractivity contribution is -0.191. The normalized spacial score (nSPS) is 41.5. The summed E-state index contributed by atoms with van der Waals surface area (Å²) in [4.78, 5) is 71.1. The van der Waals surface area contributed by atoms with Gasteiger partial charge in [-0.2, -0.15) is 0 Å². The molecule has 0 amide bonds. The molecule has 0 aromatic heterocycles. The Morgan fingerprint density at radius 2 is 1.10 bits per heavy atom. The lowest BCUT2D eigenvalue weighted by Gasteiger charge is -2.51. The zero-order valence-corrected chi connectivity index (χ0v) is 10.4. The average Bonchev–Trinajstić information content (AvgIpc) is 2.58. The number of carbonyl (C=O) groups excluding carboxylic acids is 6. The van der Waals surface area contributed by atoms with Gasteiger partial charge in [-0.15, -0.1) is 0 Å². The van der Waals surface area contributed by atoms with Crippen LogP contribution in [0.15, 0.2) is 0 Å². The van der Waals surface area contributed by atoms with Gasteiger partial charge in [-0.05, 0) is 13.8 Å². The topological polar surface area (TPSA) is 121 Å². The summed E-state index contributed by atoms with van der Waals surface area (Å²) in [7, 11) is 0. The smallest absolute Gasteiger partial charge is 0.329 e. The van der Waals surface area contributed by atoms with E-state index in [1.54, 1.807) is 0 Å². The molecule has 0 unspecified atom stereocenters. The Bertz CT molecular complexity index is 578. The lowest BCUT2D eigenvalue weighted by Crippen LogP contribution is -2.72. The van der Waals surface area contributed by atoms with Crippen molar-refractivity contribution in [2.45, 2.75) is 13.8 Å². The molecule has 3 fully saturated rings. The number of ether oxygens (including phenoxy) is 2. The molecule has 0 spiro atoms. The van der Waals surface area contributed by atoms with E-state index in [-0.39, 0.29) is 0 Å². The van der Waals surface area contributed by atoms with Crippen molar-refractivity contribution in [3.63, 3.8) is 0 Å². The van der Waals surface area contributed by atoms with E-state index < -0.39 is 58.1 Å². The molecule has 3 aliphatic rings. The van der Waals surface area contributed by atoms with Crippen molar-refractivity contribution in [2.75, 3.05) is 0 Å². The molecule has 2 aliphatic heterocycles. The van der Waals surface area contributed by atoms with Gasteiger partial charge < -0.3 is 9.47 Å². The van der Waals surface area contributed by atoms with Crippen molar-refractivity contribution < 1.29 is 38.2 Å². The highest BCUT2D eigenvalue weighted by Gasteiger charge is 2.92. The summed E-state index contributed by atoms with van der Waals surface area (Å²) >= 11 is 0. The van der Waals surface area contributed by atoms with Gasteiger partial charge >= 0.3 is 23.9 Å². The monoisotopic (exact) mass is 280 g/mol. The molecule has 1 aliphatic carbocycles. The summed E-state index contributed by atoms with van der Waals surface area (Å²) in [5.41, 5.74) is -4.21. The first-order valence-electron chi connectivity index (χ1n) is 5.77. The van der Waals surface area contributed by atoms with E-state index in [4.69, 9.17) is 0 Å². The summed E-state index contributed by atoms with van der Waals surface area (Å²) in [6, 6.07) is 0. The first-order valence-corrected chi connectivity index (χ1v) is 5.77. The van der Waals surface area contributed by atoms with E-state index in [1.807, 2.05) is 0 Å². The first-order chi connectivity index (χ1) is 9.23. The van der Waals surface area contributed by atoms with Gasteiger partial charge in [0, 0.05) is 0 Å². The molecule has 1 saturated carbocycles. The predicted octanol–water partition coefficient (Wildman–Crippen LogP) is -1.45. The molecule has 2 saturated heterocycles. The highest BCUT2D eigenvalue weighted by atomic mass is 16.6. The minimum Gasteiger partial charge on any atom is -0.392 e. The fraction of sp³-hybridized carbons (Fsp3) is 0.500. The van der Waals surface area contributed by atoms with Crippen LogP contribution in [0.25, 0.3) is 0 Å². The van der Waals surface area contributed by atoms with Crippen LogP contribution in [-0.2, 0) is 38.2 Å². The van der Waals surface area contributed by atoms with Gasteiger partial charge in [-0.3, -0.25) is 28.8 Å². The highest BCUT2D eigenvalue weighted by Crippen LogP contribution is 2.71. The van der Waals surface area contributed by atoms with Crippen LogP contribution in [0.3, 0.4) is 0 Å². The van der Waals surface area contributed by atoms with E-state index >= 15 is 0 Å². The van der Waals surface area contributed by atoms with Crippen LogP contribution in [0, 0.1) is 22.7 Å². The number of Topliss-reactive ketones (excluding diaryl/α,β-unsaturated/α-hetero) is 2. The Kier molecular flexibility index (Phi) is 2.02. The molecule has 20 heavy (non-hydrogen) atoms. The number of ketones is 2. The standard InChI is InChI=1S/C12H8O8/c1-3(13)11-5(7(15)19-9(11)17)12(4(2)14)6(11)8(16)20-10(12)18/h5-6H,1-2H3. The molecular formula is C12H8O8. The van der Waals surface area contributed by atoms with Gasteiger partial charge in [0.1, 0.15) is 23.4 Å². The van der Waals surface area contributed by atoms with Gasteiger partial charge in [0.25, 0.3) is 0 Å². The molecule has 104 valence electrons. The van der Waals surface area contributed by atoms with Crippen LogP contribution in [0.2, 0.25) is 0 Å². The number of fused-ring (bicyclic) bond motifs is 4. The largest absolute Gasteiger partial charge is 0.392 e. The molecule has 0 N–H and O–H groups in total. The van der Waals surface area contributed by atoms with Crippen LogP contribution in [-0.4, -0.2) is 35.4 Å². The molecule has 8 nitrogen and oxygen atoms in total. The maximum atomic E-state index is 11.9. The maximum absolute atomic E-state index is 11.9. The zero-order chi connectivity index (χ0) is 15.0.